The molecule has 1 nitrogen and oxygen atoms in total. The number of hydrogen-bond donors (Lipinski definition) is 1. The van der Waals surface area contributed by atoms with Crippen molar-refractivity contribution in [3.05, 3.63) is 0 Å². The van der Waals surface area contributed by atoms with Gasteiger partial charge in [0.25, 0.3) is 0 Å². The average Bonchev–Trinajstić information content (AvgIpc) is 2.30. The van der Waals surface area contributed by atoms with Gasteiger partial charge in [0, 0.05) is 6.54 Å². The van der Waals surface area contributed by atoms with E-state index in [-0.39, 0.29) is 0 Å². The fourth-order valence-corrected chi connectivity index (χ4v) is 3.17. The Kier molecular flexibility index (Phi) is 6.41. The van der Waals surface area contributed by atoms with Crippen molar-refractivity contribution in [3.63, 3.8) is 0 Å². The van der Waals surface area contributed by atoms with Gasteiger partial charge in [0.1, 0.15) is 0 Å². The molecule has 0 radical (unpaired) electrons. The molecule has 1 atom stereocenters. The maximum Gasteiger partial charge on any atom is 0.000790 e. The molecule has 96 valence electrons. The average molecular weight is 225 g/mol. The van der Waals surface area contributed by atoms with Crippen molar-refractivity contribution in [3.8, 4) is 0 Å². The van der Waals surface area contributed by atoms with Gasteiger partial charge in [0.15, 0.2) is 0 Å². The maximum atomic E-state index is 3.68. The van der Waals surface area contributed by atoms with Crippen LogP contribution in [0.2, 0.25) is 0 Å². The zero-order valence-corrected chi connectivity index (χ0v) is 11.6. The lowest BCUT2D eigenvalue weighted by Gasteiger charge is -2.39. The van der Waals surface area contributed by atoms with Gasteiger partial charge >= 0.3 is 0 Å². The van der Waals surface area contributed by atoms with Crippen molar-refractivity contribution in [2.24, 2.45) is 11.3 Å². The first-order chi connectivity index (χ1) is 7.72. The summed E-state index contributed by atoms with van der Waals surface area (Å²) in [4.78, 5) is 0. The zero-order valence-electron chi connectivity index (χ0n) is 11.6. The van der Waals surface area contributed by atoms with Crippen LogP contribution < -0.4 is 5.32 Å². The molecule has 1 rings (SSSR count). The molecule has 0 aromatic rings. The van der Waals surface area contributed by atoms with E-state index in [2.05, 4.69) is 26.1 Å². The van der Waals surface area contributed by atoms with E-state index >= 15 is 0 Å². The molecular formula is C15H31N. The minimum atomic E-state index is 0.642. The van der Waals surface area contributed by atoms with E-state index in [9.17, 15) is 0 Å². The summed E-state index contributed by atoms with van der Waals surface area (Å²) in [6.07, 6.45) is 11.4. The summed E-state index contributed by atoms with van der Waals surface area (Å²) in [6.45, 7) is 9.49. The first-order valence-electron chi connectivity index (χ1n) is 7.43. The van der Waals surface area contributed by atoms with E-state index < -0.39 is 0 Å². The minimum absolute atomic E-state index is 0.642. The smallest absolute Gasteiger partial charge is 0.000790 e. The Labute approximate surface area is 102 Å². The van der Waals surface area contributed by atoms with Crippen molar-refractivity contribution in [1.29, 1.82) is 0 Å². The van der Waals surface area contributed by atoms with Crippen LogP contribution in [0.15, 0.2) is 0 Å². The van der Waals surface area contributed by atoms with Crippen molar-refractivity contribution in [2.45, 2.75) is 72.1 Å². The Bertz CT molecular complexity index is 170. The fourth-order valence-electron chi connectivity index (χ4n) is 3.17. The predicted octanol–water partition coefficient (Wildman–Crippen LogP) is 4.37. The van der Waals surface area contributed by atoms with Gasteiger partial charge in [-0.25, -0.2) is 0 Å². The molecular weight excluding hydrogens is 194 g/mol. The van der Waals surface area contributed by atoms with Gasteiger partial charge in [-0.1, -0.05) is 46.5 Å². The standard InChI is InChI=1S/C15H31N/c1-4-11-16-13-15(12-14(3)5-2)9-7-6-8-10-15/h14,16H,4-13H2,1-3H3. The highest BCUT2D eigenvalue weighted by Gasteiger charge is 2.32. The van der Waals surface area contributed by atoms with Crippen LogP contribution >= 0.6 is 0 Å². The molecule has 1 fully saturated rings. The Hall–Kier alpha value is -0.0400. The zero-order chi connectivity index (χ0) is 11.9. The van der Waals surface area contributed by atoms with E-state index in [4.69, 9.17) is 0 Å². The normalized spacial score (nSPS) is 21.9. The van der Waals surface area contributed by atoms with Crippen molar-refractivity contribution in [1.82, 2.24) is 5.32 Å². The molecule has 0 aliphatic heterocycles. The highest BCUT2D eigenvalue weighted by atomic mass is 14.9. The Morgan fingerprint density at radius 1 is 1.12 bits per heavy atom. The van der Waals surface area contributed by atoms with Gasteiger partial charge in [-0.15, -0.1) is 0 Å². The third kappa shape index (κ3) is 4.45. The SMILES string of the molecule is CCCNCC1(CC(C)CC)CCCCC1. The highest BCUT2D eigenvalue weighted by molar-refractivity contribution is 4.86. The maximum absolute atomic E-state index is 3.68. The summed E-state index contributed by atoms with van der Waals surface area (Å²) in [5.41, 5.74) is 0.642. The Morgan fingerprint density at radius 2 is 1.81 bits per heavy atom. The van der Waals surface area contributed by atoms with Crippen molar-refractivity contribution in [2.75, 3.05) is 13.1 Å². The Morgan fingerprint density at radius 3 is 2.38 bits per heavy atom. The van der Waals surface area contributed by atoms with Gasteiger partial charge in [0.05, 0.1) is 0 Å². The quantitative estimate of drug-likeness (QED) is 0.634. The third-order valence-electron chi connectivity index (χ3n) is 4.32. The molecule has 0 heterocycles. The van der Waals surface area contributed by atoms with Crippen LogP contribution in [0.4, 0.5) is 0 Å². The first-order valence-corrected chi connectivity index (χ1v) is 7.43. The summed E-state index contributed by atoms with van der Waals surface area (Å²) < 4.78 is 0. The summed E-state index contributed by atoms with van der Waals surface area (Å²) >= 11 is 0. The monoisotopic (exact) mass is 225 g/mol. The van der Waals surface area contributed by atoms with Crippen LogP contribution in [0.3, 0.4) is 0 Å². The van der Waals surface area contributed by atoms with Crippen LogP contribution in [-0.2, 0) is 0 Å². The molecule has 0 amide bonds. The summed E-state index contributed by atoms with van der Waals surface area (Å²) in [5, 5.41) is 3.68. The summed E-state index contributed by atoms with van der Waals surface area (Å²) in [5.74, 6) is 0.904. The van der Waals surface area contributed by atoms with E-state index in [1.54, 1.807) is 0 Å². The summed E-state index contributed by atoms with van der Waals surface area (Å²) in [7, 11) is 0. The van der Waals surface area contributed by atoms with Crippen LogP contribution in [0, 0.1) is 11.3 Å². The second kappa shape index (κ2) is 7.32. The molecule has 0 bridgehead atoms. The second-order valence-electron chi connectivity index (χ2n) is 5.95. The van der Waals surface area contributed by atoms with Crippen LogP contribution in [0.25, 0.3) is 0 Å². The molecule has 16 heavy (non-hydrogen) atoms. The molecule has 1 saturated carbocycles. The van der Waals surface area contributed by atoms with E-state index in [0.29, 0.717) is 5.41 Å². The van der Waals surface area contributed by atoms with Crippen LogP contribution in [0.5, 0.6) is 0 Å². The van der Waals surface area contributed by atoms with E-state index in [1.807, 2.05) is 0 Å². The van der Waals surface area contributed by atoms with Gasteiger partial charge in [-0.2, -0.15) is 0 Å². The molecule has 1 aliphatic carbocycles. The number of hydrogen-bond acceptors (Lipinski definition) is 1. The van der Waals surface area contributed by atoms with Gasteiger partial charge < -0.3 is 5.32 Å². The van der Waals surface area contributed by atoms with Crippen molar-refractivity contribution >= 4 is 0 Å². The Balaban J connectivity index is 2.45. The van der Waals surface area contributed by atoms with Crippen molar-refractivity contribution < 1.29 is 0 Å². The largest absolute Gasteiger partial charge is 0.316 e. The second-order valence-corrected chi connectivity index (χ2v) is 5.95. The molecule has 0 aromatic heterocycles. The number of rotatable bonds is 7. The lowest BCUT2D eigenvalue weighted by Crippen LogP contribution is -2.37. The molecule has 1 unspecified atom stereocenters. The fraction of sp³-hybridized carbons (Fsp3) is 1.00. The summed E-state index contributed by atoms with van der Waals surface area (Å²) in [6, 6.07) is 0. The highest BCUT2D eigenvalue weighted by Crippen LogP contribution is 2.41. The van der Waals surface area contributed by atoms with Crippen LogP contribution in [-0.4, -0.2) is 13.1 Å². The lowest BCUT2D eigenvalue weighted by atomic mass is 9.69. The molecule has 0 aromatic carbocycles. The number of nitrogens with one attached hydrogen (secondary N) is 1. The molecule has 0 spiro atoms. The van der Waals surface area contributed by atoms with E-state index in [1.165, 1.54) is 64.5 Å². The van der Waals surface area contributed by atoms with E-state index in [0.717, 1.165) is 5.92 Å². The topological polar surface area (TPSA) is 12.0 Å². The third-order valence-corrected chi connectivity index (χ3v) is 4.32. The minimum Gasteiger partial charge on any atom is -0.316 e. The van der Waals surface area contributed by atoms with Gasteiger partial charge in [-0.3, -0.25) is 0 Å². The lowest BCUT2D eigenvalue weighted by molar-refractivity contribution is 0.140. The first kappa shape index (κ1) is 14.0. The van der Waals surface area contributed by atoms with Gasteiger partial charge in [-0.05, 0) is 43.6 Å². The van der Waals surface area contributed by atoms with Gasteiger partial charge in [0.2, 0.25) is 0 Å². The predicted molar refractivity (Wildman–Crippen MR) is 72.8 cm³/mol. The molecule has 1 N–H and O–H groups in total. The van der Waals surface area contributed by atoms with Crippen LogP contribution in [0.1, 0.15) is 72.1 Å². The molecule has 1 aliphatic rings. The molecule has 0 saturated heterocycles. The molecule has 1 heteroatoms.